The van der Waals surface area contributed by atoms with E-state index in [1.165, 1.54) is 6.07 Å². The molecule has 1 aromatic carbocycles. The van der Waals surface area contributed by atoms with Crippen LogP contribution in [0.3, 0.4) is 0 Å². The van der Waals surface area contributed by atoms with Crippen LogP contribution in [0.15, 0.2) is 29.1 Å². The third-order valence-corrected chi connectivity index (χ3v) is 4.36. The molecule has 0 spiro atoms. The second-order valence-corrected chi connectivity index (χ2v) is 6.02. The van der Waals surface area contributed by atoms with Gasteiger partial charge in [-0.05, 0) is 24.5 Å². The zero-order chi connectivity index (χ0) is 14.3. The Kier molecular flexibility index (Phi) is 3.76. The van der Waals surface area contributed by atoms with Crippen molar-refractivity contribution in [2.45, 2.75) is 25.3 Å². The topological polar surface area (TPSA) is 34.9 Å². The Labute approximate surface area is 131 Å². The number of aromatic nitrogens is 2. The van der Waals surface area contributed by atoms with Crippen molar-refractivity contribution in [3.63, 3.8) is 0 Å². The molecule has 3 nitrogen and oxygen atoms in total. The summed E-state index contributed by atoms with van der Waals surface area (Å²) in [6, 6.07) is 6.71. The highest BCUT2D eigenvalue weighted by atomic mass is 35.5. The van der Waals surface area contributed by atoms with E-state index in [0.717, 1.165) is 24.2 Å². The molecule has 1 aliphatic carbocycles. The molecule has 0 radical (unpaired) electrons. The minimum absolute atomic E-state index is 0.164. The summed E-state index contributed by atoms with van der Waals surface area (Å²) >= 11 is 18.1. The van der Waals surface area contributed by atoms with Crippen molar-refractivity contribution < 1.29 is 0 Å². The number of hydrogen-bond donors (Lipinski definition) is 0. The molecule has 0 saturated heterocycles. The Bertz CT molecular complexity index is 723. The first-order chi connectivity index (χ1) is 9.56. The molecule has 2 aromatic rings. The molecule has 0 N–H and O–H groups in total. The maximum Gasteiger partial charge on any atom is 0.255 e. The third kappa shape index (κ3) is 2.71. The molecule has 20 heavy (non-hydrogen) atoms. The van der Waals surface area contributed by atoms with Crippen LogP contribution in [0.2, 0.25) is 15.2 Å². The lowest BCUT2D eigenvalue weighted by molar-refractivity contribution is 0.669. The van der Waals surface area contributed by atoms with Crippen molar-refractivity contribution in [3.8, 4) is 0 Å². The zero-order valence-electron chi connectivity index (χ0n) is 10.4. The summed E-state index contributed by atoms with van der Waals surface area (Å²) < 4.78 is 1.63. The van der Waals surface area contributed by atoms with Crippen molar-refractivity contribution in [2.75, 3.05) is 0 Å². The van der Waals surface area contributed by atoms with E-state index in [9.17, 15) is 4.79 Å². The predicted molar refractivity (Wildman–Crippen MR) is 81.0 cm³/mol. The van der Waals surface area contributed by atoms with Crippen LogP contribution in [-0.2, 0) is 6.54 Å². The van der Waals surface area contributed by atoms with Gasteiger partial charge in [0.05, 0.1) is 16.6 Å². The predicted octanol–water partition coefficient (Wildman–Crippen LogP) is 4.13. The molecule has 1 fully saturated rings. The van der Waals surface area contributed by atoms with Gasteiger partial charge in [0.25, 0.3) is 5.56 Å². The van der Waals surface area contributed by atoms with Gasteiger partial charge in [-0.3, -0.25) is 9.36 Å². The van der Waals surface area contributed by atoms with Crippen LogP contribution in [0.1, 0.15) is 30.1 Å². The molecule has 1 aromatic heterocycles. The number of benzene rings is 1. The lowest BCUT2D eigenvalue weighted by Gasteiger charge is -2.13. The summed E-state index contributed by atoms with van der Waals surface area (Å²) in [6.07, 6.45) is 2.08. The Morgan fingerprint density at radius 3 is 2.70 bits per heavy atom. The highest BCUT2D eigenvalue weighted by molar-refractivity contribution is 6.42. The minimum Gasteiger partial charge on any atom is -0.292 e. The zero-order valence-corrected chi connectivity index (χ0v) is 12.7. The molecule has 104 valence electrons. The SMILES string of the molecule is O=c1cc(Cl)nc(C2CC2)n1Cc1cccc(Cl)c1Cl. The van der Waals surface area contributed by atoms with Crippen LogP contribution >= 0.6 is 34.8 Å². The first-order valence-electron chi connectivity index (χ1n) is 6.26. The van der Waals surface area contributed by atoms with Gasteiger partial charge in [0.1, 0.15) is 11.0 Å². The fraction of sp³-hybridized carbons (Fsp3) is 0.286. The Hall–Kier alpha value is -1.03. The maximum atomic E-state index is 12.2. The van der Waals surface area contributed by atoms with Gasteiger partial charge in [0, 0.05) is 12.0 Å². The third-order valence-electron chi connectivity index (χ3n) is 3.31. The standard InChI is InChI=1S/C14H11Cl3N2O/c15-10-3-1-2-9(13(10)17)7-19-12(20)6-11(16)18-14(19)8-4-5-8/h1-3,6,8H,4-5,7H2. The fourth-order valence-corrected chi connectivity index (χ4v) is 2.71. The van der Waals surface area contributed by atoms with E-state index in [2.05, 4.69) is 4.98 Å². The van der Waals surface area contributed by atoms with Crippen molar-refractivity contribution in [2.24, 2.45) is 0 Å². The van der Waals surface area contributed by atoms with E-state index in [4.69, 9.17) is 34.8 Å². The number of nitrogens with zero attached hydrogens (tertiary/aromatic N) is 2. The summed E-state index contributed by atoms with van der Waals surface area (Å²) in [5, 5.41) is 1.19. The molecule has 0 bridgehead atoms. The summed E-state index contributed by atoms with van der Waals surface area (Å²) in [5.41, 5.74) is 0.634. The smallest absolute Gasteiger partial charge is 0.255 e. The molecular formula is C14H11Cl3N2O. The van der Waals surface area contributed by atoms with Gasteiger partial charge in [0.15, 0.2) is 0 Å². The number of rotatable bonds is 3. The van der Waals surface area contributed by atoms with E-state index < -0.39 is 0 Å². The lowest BCUT2D eigenvalue weighted by atomic mass is 10.2. The maximum absolute atomic E-state index is 12.2. The average Bonchev–Trinajstić information content (AvgIpc) is 3.21. The van der Waals surface area contributed by atoms with Crippen molar-refractivity contribution >= 4 is 34.8 Å². The second-order valence-electron chi connectivity index (χ2n) is 4.85. The van der Waals surface area contributed by atoms with Crippen molar-refractivity contribution in [1.82, 2.24) is 9.55 Å². The van der Waals surface area contributed by atoms with Gasteiger partial charge in [0.2, 0.25) is 0 Å². The highest BCUT2D eigenvalue weighted by Gasteiger charge is 2.29. The van der Waals surface area contributed by atoms with Gasteiger partial charge in [-0.25, -0.2) is 4.98 Å². The second kappa shape index (κ2) is 5.40. The first kappa shape index (κ1) is 13.9. The molecular weight excluding hydrogens is 319 g/mol. The Morgan fingerprint density at radius 1 is 1.25 bits per heavy atom. The van der Waals surface area contributed by atoms with E-state index in [1.807, 2.05) is 12.1 Å². The molecule has 1 heterocycles. The van der Waals surface area contributed by atoms with Gasteiger partial charge in [-0.15, -0.1) is 0 Å². The molecule has 0 unspecified atom stereocenters. The Balaban J connectivity index is 2.06. The number of hydrogen-bond acceptors (Lipinski definition) is 2. The van der Waals surface area contributed by atoms with Crippen LogP contribution in [0.4, 0.5) is 0 Å². The molecule has 1 aliphatic rings. The first-order valence-corrected chi connectivity index (χ1v) is 7.40. The van der Waals surface area contributed by atoms with Crippen LogP contribution in [0.5, 0.6) is 0 Å². The molecule has 3 rings (SSSR count). The average molecular weight is 330 g/mol. The van der Waals surface area contributed by atoms with Crippen LogP contribution in [0.25, 0.3) is 0 Å². The van der Waals surface area contributed by atoms with Gasteiger partial charge >= 0.3 is 0 Å². The van der Waals surface area contributed by atoms with E-state index in [-0.39, 0.29) is 10.7 Å². The largest absolute Gasteiger partial charge is 0.292 e. The Morgan fingerprint density at radius 2 is 2.00 bits per heavy atom. The van der Waals surface area contributed by atoms with Gasteiger partial charge < -0.3 is 0 Å². The van der Waals surface area contributed by atoms with Crippen LogP contribution in [0, 0.1) is 0 Å². The van der Waals surface area contributed by atoms with Crippen molar-refractivity contribution in [1.29, 1.82) is 0 Å². The molecule has 0 amide bonds. The summed E-state index contributed by atoms with van der Waals surface area (Å²) in [6.45, 7) is 0.355. The van der Waals surface area contributed by atoms with E-state index >= 15 is 0 Å². The van der Waals surface area contributed by atoms with Gasteiger partial charge in [-0.1, -0.05) is 46.9 Å². The van der Waals surface area contributed by atoms with Crippen LogP contribution < -0.4 is 5.56 Å². The van der Waals surface area contributed by atoms with Crippen LogP contribution in [-0.4, -0.2) is 9.55 Å². The monoisotopic (exact) mass is 328 g/mol. The number of halogens is 3. The van der Waals surface area contributed by atoms with E-state index in [0.29, 0.717) is 22.5 Å². The summed E-state index contributed by atoms with van der Waals surface area (Å²) in [5.74, 6) is 1.05. The molecule has 1 saturated carbocycles. The van der Waals surface area contributed by atoms with E-state index in [1.54, 1.807) is 10.6 Å². The lowest BCUT2D eigenvalue weighted by Crippen LogP contribution is -2.24. The molecule has 6 heteroatoms. The summed E-state index contributed by atoms with van der Waals surface area (Å²) in [7, 11) is 0. The normalized spacial score (nSPS) is 14.6. The summed E-state index contributed by atoms with van der Waals surface area (Å²) in [4.78, 5) is 16.5. The molecule has 0 atom stereocenters. The van der Waals surface area contributed by atoms with Gasteiger partial charge in [-0.2, -0.15) is 0 Å². The van der Waals surface area contributed by atoms with Crippen molar-refractivity contribution in [3.05, 3.63) is 61.2 Å². The highest BCUT2D eigenvalue weighted by Crippen LogP contribution is 2.39. The molecule has 0 aliphatic heterocycles. The quantitative estimate of drug-likeness (QED) is 0.794. The fourth-order valence-electron chi connectivity index (χ4n) is 2.15. The minimum atomic E-state index is -0.164.